The monoisotopic (exact) mass is 478 g/mol. The van der Waals surface area contributed by atoms with Gasteiger partial charge in [0.05, 0.1) is 10.6 Å². The maximum atomic E-state index is 13.1. The second kappa shape index (κ2) is 6.24. The minimum Gasteiger partial charge on any atom is -0.324 e. The number of rotatable bonds is 3. The van der Waals surface area contributed by atoms with Crippen molar-refractivity contribution in [3.63, 3.8) is 0 Å². The molecule has 0 saturated carbocycles. The summed E-state index contributed by atoms with van der Waals surface area (Å²) in [5, 5.41) is 4.31. The van der Waals surface area contributed by atoms with E-state index in [1.165, 1.54) is 4.31 Å². The first-order valence-corrected chi connectivity index (χ1v) is 10.5. The maximum Gasteiger partial charge on any atom is 0.265 e. The van der Waals surface area contributed by atoms with Gasteiger partial charge in [0.25, 0.3) is 10.0 Å². The lowest BCUT2D eigenvalue weighted by molar-refractivity contribution is -0.116. The molecule has 4 rings (SSSR count). The second-order valence-electron chi connectivity index (χ2n) is 6.10. The molecule has 5 nitrogen and oxygen atoms in total. The molecule has 0 spiro atoms. The molecule has 7 heteroatoms. The number of amides is 1. The van der Waals surface area contributed by atoms with E-state index >= 15 is 0 Å². The number of benzene rings is 3. The highest BCUT2D eigenvalue weighted by atomic mass is 127. The average Bonchev–Trinajstić information content (AvgIpc) is 2.85. The van der Waals surface area contributed by atoms with Crippen LogP contribution in [-0.2, 0) is 14.8 Å². The van der Waals surface area contributed by atoms with Gasteiger partial charge in [0.1, 0.15) is 6.04 Å². The van der Waals surface area contributed by atoms with Crippen LogP contribution in [0.1, 0.15) is 6.92 Å². The quantitative estimate of drug-likeness (QED) is 0.580. The van der Waals surface area contributed by atoms with Crippen LogP contribution in [0.5, 0.6) is 0 Å². The fraction of sp³-hybridized carbons (Fsp3) is 0.105. The van der Waals surface area contributed by atoms with Crippen molar-refractivity contribution in [3.05, 3.63) is 64.2 Å². The molecule has 1 amide bonds. The predicted octanol–water partition coefficient (Wildman–Crippen LogP) is 3.98. The van der Waals surface area contributed by atoms with E-state index in [2.05, 4.69) is 27.9 Å². The summed E-state index contributed by atoms with van der Waals surface area (Å²) in [4.78, 5) is 13.0. The third kappa shape index (κ3) is 2.66. The lowest BCUT2D eigenvalue weighted by Gasteiger charge is -2.25. The molecule has 0 aromatic heterocycles. The van der Waals surface area contributed by atoms with E-state index in [1.807, 2.05) is 24.3 Å². The number of nitrogens with one attached hydrogen (secondary N) is 1. The molecule has 0 fully saturated rings. The van der Waals surface area contributed by atoms with Gasteiger partial charge >= 0.3 is 0 Å². The van der Waals surface area contributed by atoms with Gasteiger partial charge in [-0.1, -0.05) is 24.3 Å². The molecule has 1 N–H and O–H groups in total. The van der Waals surface area contributed by atoms with Crippen LogP contribution in [0.4, 0.5) is 11.4 Å². The summed E-state index contributed by atoms with van der Waals surface area (Å²) in [5.41, 5.74) is 1.18. The standard InChI is InChI=1S/C19H15IN2O3S/c1-12(19(23)21-15-10-8-14(20)9-11-15)22-16-6-2-4-13-5-3-7-17(18(13)16)26(22,24)25/h2-12H,1H3,(H,21,23). The van der Waals surface area contributed by atoms with E-state index in [-0.39, 0.29) is 10.8 Å². The van der Waals surface area contributed by atoms with Gasteiger partial charge < -0.3 is 5.32 Å². The highest BCUT2D eigenvalue weighted by Crippen LogP contribution is 2.43. The van der Waals surface area contributed by atoms with Gasteiger partial charge in [0.2, 0.25) is 5.91 Å². The average molecular weight is 478 g/mol. The molecule has 132 valence electrons. The Morgan fingerprint density at radius 2 is 1.69 bits per heavy atom. The number of hydrogen-bond donors (Lipinski definition) is 1. The Balaban J connectivity index is 1.72. The molecule has 1 unspecified atom stereocenters. The van der Waals surface area contributed by atoms with Gasteiger partial charge in [-0.2, -0.15) is 0 Å². The van der Waals surface area contributed by atoms with E-state index in [9.17, 15) is 13.2 Å². The molecule has 0 radical (unpaired) electrons. The van der Waals surface area contributed by atoms with Gasteiger partial charge in [0.15, 0.2) is 0 Å². The van der Waals surface area contributed by atoms with Gasteiger partial charge in [-0.25, -0.2) is 8.42 Å². The minimum atomic E-state index is -3.77. The van der Waals surface area contributed by atoms with Crippen LogP contribution in [0.25, 0.3) is 10.8 Å². The zero-order valence-electron chi connectivity index (χ0n) is 13.8. The minimum absolute atomic E-state index is 0.250. The first kappa shape index (κ1) is 17.3. The molecule has 1 aliphatic heterocycles. The zero-order valence-corrected chi connectivity index (χ0v) is 16.8. The van der Waals surface area contributed by atoms with Crippen molar-refractivity contribution >= 4 is 60.7 Å². The van der Waals surface area contributed by atoms with Crippen LogP contribution in [0, 0.1) is 3.57 Å². The van der Waals surface area contributed by atoms with Crippen LogP contribution < -0.4 is 9.62 Å². The van der Waals surface area contributed by atoms with Crippen molar-refractivity contribution in [2.24, 2.45) is 0 Å². The molecule has 1 aliphatic rings. The van der Waals surface area contributed by atoms with Gasteiger partial charge in [-0.05, 0) is 71.3 Å². The summed E-state index contributed by atoms with van der Waals surface area (Å²) < 4.78 is 28.4. The van der Waals surface area contributed by atoms with Crippen LogP contribution in [0.15, 0.2) is 65.6 Å². The molecule has 1 heterocycles. The lowest BCUT2D eigenvalue weighted by Crippen LogP contribution is -2.43. The first-order chi connectivity index (χ1) is 12.4. The number of hydrogen-bond acceptors (Lipinski definition) is 3. The van der Waals surface area contributed by atoms with E-state index in [1.54, 1.807) is 43.3 Å². The number of halogens is 1. The third-order valence-electron chi connectivity index (χ3n) is 4.46. The topological polar surface area (TPSA) is 66.5 Å². The molecule has 26 heavy (non-hydrogen) atoms. The third-order valence-corrected chi connectivity index (χ3v) is 7.11. The highest BCUT2D eigenvalue weighted by Gasteiger charge is 2.40. The smallest absolute Gasteiger partial charge is 0.265 e. The fourth-order valence-electron chi connectivity index (χ4n) is 3.22. The van der Waals surface area contributed by atoms with Crippen LogP contribution in [0.3, 0.4) is 0 Å². The number of carbonyl (C=O) groups excluding carboxylic acids is 1. The summed E-state index contributed by atoms with van der Waals surface area (Å²) in [5.74, 6) is -0.375. The Hall–Kier alpha value is -2.13. The number of carbonyl (C=O) groups is 1. The number of nitrogens with zero attached hydrogens (tertiary/aromatic N) is 1. The Kier molecular flexibility index (Phi) is 4.15. The first-order valence-electron chi connectivity index (χ1n) is 8.02. The van der Waals surface area contributed by atoms with Crippen LogP contribution >= 0.6 is 22.6 Å². The molecule has 3 aromatic rings. The normalized spacial score (nSPS) is 15.8. The van der Waals surface area contributed by atoms with E-state index in [0.717, 1.165) is 8.96 Å². The fourth-order valence-corrected chi connectivity index (χ4v) is 5.45. The molecule has 1 atom stereocenters. The van der Waals surface area contributed by atoms with Crippen molar-refractivity contribution in [1.82, 2.24) is 0 Å². The summed E-state index contributed by atoms with van der Waals surface area (Å²) >= 11 is 2.18. The summed E-state index contributed by atoms with van der Waals surface area (Å²) in [6, 6.07) is 17.1. The van der Waals surface area contributed by atoms with E-state index in [0.29, 0.717) is 16.8 Å². The maximum absolute atomic E-state index is 13.1. The molecular weight excluding hydrogens is 463 g/mol. The van der Waals surface area contributed by atoms with E-state index < -0.39 is 16.1 Å². The van der Waals surface area contributed by atoms with Crippen molar-refractivity contribution in [2.45, 2.75) is 17.9 Å². The number of sulfonamides is 1. The molecule has 0 aliphatic carbocycles. The summed E-state index contributed by atoms with van der Waals surface area (Å²) in [6.07, 6.45) is 0. The van der Waals surface area contributed by atoms with Gasteiger partial charge in [0, 0.05) is 14.6 Å². The molecule has 0 saturated heterocycles. The Labute approximate surface area is 165 Å². The highest BCUT2D eigenvalue weighted by molar-refractivity contribution is 14.1. The lowest BCUT2D eigenvalue weighted by atomic mass is 10.1. The Morgan fingerprint density at radius 1 is 1.04 bits per heavy atom. The molecule has 0 bridgehead atoms. The summed E-state index contributed by atoms with van der Waals surface area (Å²) in [7, 11) is -3.77. The van der Waals surface area contributed by atoms with E-state index in [4.69, 9.17) is 0 Å². The Bertz CT molecular complexity index is 1120. The zero-order chi connectivity index (χ0) is 18.5. The largest absolute Gasteiger partial charge is 0.324 e. The van der Waals surface area contributed by atoms with Gasteiger partial charge in [-0.15, -0.1) is 0 Å². The van der Waals surface area contributed by atoms with Gasteiger partial charge in [-0.3, -0.25) is 9.10 Å². The SMILES string of the molecule is CC(C(=O)Nc1ccc(I)cc1)N1c2cccc3cccc(c23)S1(=O)=O. The molecular formula is C19H15IN2O3S. The van der Waals surface area contributed by atoms with Crippen molar-refractivity contribution in [2.75, 3.05) is 9.62 Å². The van der Waals surface area contributed by atoms with Crippen molar-refractivity contribution in [1.29, 1.82) is 0 Å². The summed E-state index contributed by atoms with van der Waals surface area (Å²) in [6.45, 7) is 1.60. The predicted molar refractivity (Wildman–Crippen MR) is 111 cm³/mol. The van der Waals surface area contributed by atoms with Crippen molar-refractivity contribution < 1.29 is 13.2 Å². The molecule has 3 aromatic carbocycles. The van der Waals surface area contributed by atoms with Crippen LogP contribution in [0.2, 0.25) is 0 Å². The van der Waals surface area contributed by atoms with Crippen molar-refractivity contribution in [3.8, 4) is 0 Å². The number of anilines is 2. The Morgan fingerprint density at radius 3 is 2.38 bits per heavy atom. The second-order valence-corrected chi connectivity index (χ2v) is 9.13. The van der Waals surface area contributed by atoms with Crippen LogP contribution in [-0.4, -0.2) is 20.4 Å².